The molecule has 0 spiro atoms. The van der Waals surface area contributed by atoms with Gasteiger partial charge in [-0.15, -0.1) is 0 Å². The van der Waals surface area contributed by atoms with E-state index in [1.54, 1.807) is 32.4 Å². The second-order valence-corrected chi connectivity index (χ2v) is 14.4. The molecule has 1 aromatic heterocycles. The molecule has 9 nitrogen and oxygen atoms in total. The number of benzene rings is 2. The molecular formula is C35H38Cl2N4O5S. The predicted octanol–water partition coefficient (Wildman–Crippen LogP) is 7.71. The molecule has 3 aromatic rings. The zero-order chi connectivity index (χ0) is 33.2. The maximum Gasteiger partial charge on any atom is 0.273 e. The van der Waals surface area contributed by atoms with Crippen molar-refractivity contribution in [2.24, 2.45) is 11.8 Å². The number of thiazole rings is 1. The van der Waals surface area contributed by atoms with E-state index in [0.29, 0.717) is 45.9 Å². The summed E-state index contributed by atoms with van der Waals surface area (Å²) in [5.74, 6) is 1.45. The van der Waals surface area contributed by atoms with Gasteiger partial charge in [0.05, 0.1) is 34.6 Å². The standard InChI is InChI=1S/C35H38Cl2N4O5S/c1-19-22(5-4-6-30(19)44-3)18-41(26-7-8-26)34(43)32-24-11-21(12-25(14-24)40-38)13-27(32)31-17-39-35(47-31)46-10-9-45-33-28(36)15-23(20(2)42)16-29(33)37/h4-6,15-17,20-21,24,26,42H,7-14,18H2,1-3H3/t20-,21-,24-/m1/s1. The van der Waals surface area contributed by atoms with Crippen molar-refractivity contribution in [3.63, 3.8) is 0 Å². The number of methoxy groups -OCH3 is 1. The lowest BCUT2D eigenvalue weighted by molar-refractivity contribution is -0.129. The van der Waals surface area contributed by atoms with Crippen LogP contribution in [-0.2, 0) is 11.3 Å². The number of hydrogen-bond acceptors (Lipinski definition) is 7. The maximum atomic E-state index is 14.6. The Kier molecular flexibility index (Phi) is 10.2. The van der Waals surface area contributed by atoms with Gasteiger partial charge in [0, 0.05) is 36.7 Å². The van der Waals surface area contributed by atoms with Crippen molar-refractivity contribution in [2.75, 3.05) is 20.3 Å². The molecule has 2 saturated carbocycles. The van der Waals surface area contributed by atoms with Gasteiger partial charge in [0.1, 0.15) is 19.0 Å². The largest absolute Gasteiger partial charge is 0.496 e. The highest BCUT2D eigenvalue weighted by molar-refractivity contribution is 7.14. The molecule has 0 aliphatic heterocycles. The van der Waals surface area contributed by atoms with Crippen LogP contribution in [0, 0.1) is 18.8 Å². The van der Waals surface area contributed by atoms with Crippen LogP contribution in [0.4, 0.5) is 0 Å². The van der Waals surface area contributed by atoms with Crippen LogP contribution in [0.1, 0.15) is 73.1 Å². The summed E-state index contributed by atoms with van der Waals surface area (Å²) in [5, 5.41) is 10.9. The third-order valence-electron chi connectivity index (χ3n) is 9.27. The first-order valence-corrected chi connectivity index (χ1v) is 17.5. The van der Waals surface area contributed by atoms with Crippen LogP contribution in [0.15, 0.2) is 42.1 Å². The van der Waals surface area contributed by atoms with Crippen molar-refractivity contribution in [3.05, 3.63) is 79.2 Å². The van der Waals surface area contributed by atoms with Crippen LogP contribution in [0.2, 0.25) is 10.0 Å². The number of aliphatic hydroxyl groups excluding tert-OH is 1. The minimum absolute atomic E-state index is 0.0295. The van der Waals surface area contributed by atoms with Gasteiger partial charge in [-0.25, -0.2) is 4.98 Å². The number of rotatable bonds is 12. The minimum atomic E-state index is -0.699. The number of carbonyl (C=O) groups is 1. The van der Waals surface area contributed by atoms with Gasteiger partial charge in [-0.1, -0.05) is 46.7 Å². The first kappa shape index (κ1) is 33.5. The highest BCUT2D eigenvalue weighted by Gasteiger charge is 2.44. The van der Waals surface area contributed by atoms with Crippen LogP contribution in [0.3, 0.4) is 0 Å². The Balaban J connectivity index is 1.22. The van der Waals surface area contributed by atoms with E-state index in [9.17, 15) is 15.4 Å². The SMILES string of the molecule is COc1cccc(CN(C(=O)C2=C(c3cnc(OCCOc4c(Cl)cc([C@@H](C)O)cc4Cl)s3)C[C@H]3CC(=[N+]=[N-])C[C@H]2C3)C2CC2)c1C. The summed E-state index contributed by atoms with van der Waals surface area (Å²) in [6.07, 6.45) is 5.94. The predicted molar refractivity (Wildman–Crippen MR) is 182 cm³/mol. The number of hydrogen-bond donors (Lipinski definition) is 1. The molecule has 248 valence electrons. The summed E-state index contributed by atoms with van der Waals surface area (Å²) in [4.78, 5) is 25.7. The van der Waals surface area contributed by atoms with Crippen LogP contribution < -0.4 is 14.2 Å². The summed E-state index contributed by atoms with van der Waals surface area (Å²) in [6.45, 7) is 4.57. The molecule has 1 amide bonds. The molecule has 0 saturated heterocycles. The summed E-state index contributed by atoms with van der Waals surface area (Å²) in [6, 6.07) is 9.43. The van der Waals surface area contributed by atoms with Gasteiger partial charge < -0.3 is 29.7 Å². The summed E-state index contributed by atoms with van der Waals surface area (Å²) in [7, 11) is 1.66. The third kappa shape index (κ3) is 7.37. The Labute approximate surface area is 288 Å². The molecule has 6 rings (SSSR count). The first-order valence-electron chi connectivity index (χ1n) is 15.9. The van der Waals surface area contributed by atoms with E-state index in [2.05, 4.69) is 15.8 Å². The molecule has 3 aliphatic rings. The van der Waals surface area contributed by atoms with Crippen LogP contribution >= 0.6 is 34.5 Å². The summed E-state index contributed by atoms with van der Waals surface area (Å²) < 4.78 is 17.3. The second-order valence-electron chi connectivity index (χ2n) is 12.6. The van der Waals surface area contributed by atoms with Crippen LogP contribution in [0.25, 0.3) is 11.1 Å². The van der Waals surface area contributed by atoms with Crippen molar-refractivity contribution < 1.29 is 28.9 Å². The number of amides is 1. The molecule has 0 radical (unpaired) electrons. The highest BCUT2D eigenvalue weighted by atomic mass is 35.5. The Bertz CT molecular complexity index is 1720. The van der Waals surface area contributed by atoms with Crippen molar-refractivity contribution >= 4 is 51.7 Å². The molecule has 1 N–H and O–H groups in total. The monoisotopic (exact) mass is 696 g/mol. The Hall–Kier alpha value is -3.40. The lowest BCUT2D eigenvalue weighted by atomic mass is 9.68. The van der Waals surface area contributed by atoms with Crippen molar-refractivity contribution in [3.8, 4) is 16.7 Å². The summed E-state index contributed by atoms with van der Waals surface area (Å²) in [5.41, 5.74) is 15.0. The van der Waals surface area contributed by atoms with Gasteiger partial charge in [-0.2, -0.15) is 4.79 Å². The average molecular weight is 698 g/mol. The molecule has 47 heavy (non-hydrogen) atoms. The van der Waals surface area contributed by atoms with Gasteiger partial charge in [-0.3, -0.25) is 4.79 Å². The zero-order valence-corrected chi connectivity index (χ0v) is 29.0. The maximum absolute atomic E-state index is 14.6. The van der Waals surface area contributed by atoms with Gasteiger partial charge in [0.2, 0.25) is 0 Å². The fourth-order valence-corrected chi connectivity index (χ4v) is 8.22. The number of fused-ring (bicyclic) bond motifs is 2. The molecule has 1 heterocycles. The van der Waals surface area contributed by atoms with Gasteiger partial charge in [-0.05, 0) is 85.9 Å². The Morgan fingerprint density at radius 3 is 2.60 bits per heavy atom. The average Bonchev–Trinajstić information content (AvgIpc) is 3.79. The molecular weight excluding hydrogens is 659 g/mol. The van der Waals surface area contributed by atoms with Gasteiger partial charge in [0.25, 0.3) is 16.8 Å². The number of aliphatic hydroxyl groups is 1. The molecule has 0 unspecified atom stereocenters. The lowest BCUT2D eigenvalue weighted by Crippen LogP contribution is -2.40. The van der Waals surface area contributed by atoms with E-state index < -0.39 is 6.10 Å². The molecule has 2 bridgehead atoms. The van der Waals surface area contributed by atoms with Crippen LogP contribution in [-0.4, -0.2) is 57.8 Å². The van der Waals surface area contributed by atoms with Gasteiger partial charge in [0.15, 0.2) is 5.75 Å². The van der Waals surface area contributed by atoms with E-state index in [4.69, 9.17) is 37.4 Å². The number of aromatic nitrogens is 1. The zero-order valence-electron chi connectivity index (χ0n) is 26.7. The molecule has 2 fully saturated rings. The number of carbonyl (C=O) groups excluding carboxylic acids is 1. The van der Waals surface area contributed by atoms with E-state index in [1.807, 2.05) is 24.0 Å². The van der Waals surface area contributed by atoms with E-state index in [1.165, 1.54) is 11.3 Å². The van der Waals surface area contributed by atoms with E-state index in [0.717, 1.165) is 64.3 Å². The smallest absolute Gasteiger partial charge is 0.273 e. The fraction of sp³-hybridized carbons (Fsp3) is 0.457. The number of nitrogens with zero attached hydrogens (tertiary/aromatic N) is 4. The van der Waals surface area contributed by atoms with Crippen LogP contribution in [0.5, 0.6) is 16.7 Å². The second kappa shape index (κ2) is 14.4. The number of ether oxygens (including phenoxy) is 3. The first-order chi connectivity index (χ1) is 22.7. The van der Waals surface area contributed by atoms with Gasteiger partial charge >= 0.3 is 0 Å². The van der Waals surface area contributed by atoms with Crippen molar-refractivity contribution in [1.29, 1.82) is 0 Å². The quantitative estimate of drug-likeness (QED) is 0.118. The Morgan fingerprint density at radius 2 is 1.91 bits per heavy atom. The summed E-state index contributed by atoms with van der Waals surface area (Å²) >= 11 is 14.1. The number of halogens is 2. The highest BCUT2D eigenvalue weighted by Crippen LogP contribution is 2.48. The van der Waals surface area contributed by atoms with Crippen molar-refractivity contribution in [2.45, 2.75) is 71.1 Å². The minimum Gasteiger partial charge on any atom is -0.496 e. The fourth-order valence-electron chi connectivity index (χ4n) is 6.75. The van der Waals surface area contributed by atoms with Crippen molar-refractivity contribution in [1.82, 2.24) is 9.88 Å². The van der Waals surface area contributed by atoms with E-state index in [-0.39, 0.29) is 37.0 Å². The molecule has 12 heteroatoms. The Morgan fingerprint density at radius 1 is 1.17 bits per heavy atom. The third-order valence-corrected chi connectivity index (χ3v) is 10.8. The molecule has 2 aromatic carbocycles. The number of allylic oxidation sites excluding steroid dienone is 1. The lowest BCUT2D eigenvalue weighted by Gasteiger charge is -2.37. The normalized spacial score (nSPS) is 19.7. The van der Waals surface area contributed by atoms with E-state index >= 15 is 0 Å². The topological polar surface area (TPSA) is 118 Å². The molecule has 3 atom stereocenters. The molecule has 3 aliphatic carbocycles.